The van der Waals surface area contributed by atoms with Gasteiger partial charge >= 0.3 is 0 Å². The number of rotatable bonds is 3. The molecule has 2 rings (SSSR count). The summed E-state index contributed by atoms with van der Waals surface area (Å²) < 4.78 is 0. The summed E-state index contributed by atoms with van der Waals surface area (Å²) in [7, 11) is 0. The summed E-state index contributed by atoms with van der Waals surface area (Å²) in [6.07, 6.45) is 1.58. The molecule has 0 spiro atoms. The molecule has 1 unspecified atom stereocenters. The fourth-order valence-electron chi connectivity index (χ4n) is 1.44. The third kappa shape index (κ3) is 2.80. The number of nitriles is 1. The van der Waals surface area contributed by atoms with Crippen LogP contribution in [0, 0.1) is 18.3 Å². The van der Waals surface area contributed by atoms with Gasteiger partial charge in [-0.25, -0.2) is 9.97 Å². The number of aryl methyl sites for hydroxylation is 1. The smallest absolute Gasteiger partial charge is 0.224 e. The molecule has 0 aliphatic carbocycles. The normalized spacial score (nSPS) is 11.8. The Kier molecular flexibility index (Phi) is 3.35. The van der Waals surface area contributed by atoms with Crippen molar-refractivity contribution in [1.29, 1.82) is 5.26 Å². The molecule has 0 saturated carbocycles. The highest BCUT2D eigenvalue weighted by Crippen LogP contribution is 2.24. The van der Waals surface area contributed by atoms with Gasteiger partial charge in [0.25, 0.3) is 0 Å². The van der Waals surface area contributed by atoms with Crippen molar-refractivity contribution in [2.45, 2.75) is 19.9 Å². The molecule has 1 N–H and O–H groups in total. The molecule has 0 fully saturated rings. The van der Waals surface area contributed by atoms with Crippen molar-refractivity contribution in [1.82, 2.24) is 9.97 Å². The molecule has 17 heavy (non-hydrogen) atoms. The van der Waals surface area contributed by atoms with Crippen LogP contribution in [-0.2, 0) is 0 Å². The zero-order valence-electron chi connectivity index (χ0n) is 9.64. The minimum absolute atomic E-state index is 0.141. The molecule has 2 aromatic rings. The predicted molar refractivity (Wildman–Crippen MR) is 67.8 cm³/mol. The van der Waals surface area contributed by atoms with Crippen LogP contribution in [-0.4, -0.2) is 9.97 Å². The van der Waals surface area contributed by atoms with Crippen LogP contribution in [0.25, 0.3) is 0 Å². The Bertz CT molecular complexity index is 556. The Hall–Kier alpha value is -1.93. The number of hydrogen-bond acceptors (Lipinski definition) is 5. The lowest BCUT2D eigenvalue weighted by molar-refractivity contribution is 0.878. The maximum Gasteiger partial charge on any atom is 0.224 e. The minimum atomic E-state index is 0.141. The van der Waals surface area contributed by atoms with Crippen molar-refractivity contribution in [3.05, 3.63) is 39.8 Å². The first-order chi connectivity index (χ1) is 8.19. The maximum atomic E-state index is 8.75. The lowest BCUT2D eigenvalue weighted by atomic mass is 10.3. The van der Waals surface area contributed by atoms with Crippen LogP contribution in [0.1, 0.15) is 28.4 Å². The number of nitrogens with one attached hydrogen (secondary N) is 1. The fourth-order valence-corrected chi connectivity index (χ4v) is 2.32. The standard InChI is InChI=1S/C12H12N4S/c1-8-3-4-11(17-8)9(2)15-12-14-6-5-10(7-13)16-12/h3-6,9H,1-2H3,(H,14,15,16). The van der Waals surface area contributed by atoms with Crippen molar-refractivity contribution in [3.63, 3.8) is 0 Å². The van der Waals surface area contributed by atoms with E-state index in [1.54, 1.807) is 23.6 Å². The molecule has 1 atom stereocenters. The Labute approximate surface area is 104 Å². The molecular weight excluding hydrogens is 232 g/mol. The molecule has 5 heteroatoms. The van der Waals surface area contributed by atoms with E-state index < -0.39 is 0 Å². The monoisotopic (exact) mass is 244 g/mol. The number of nitrogens with zero attached hydrogens (tertiary/aromatic N) is 3. The molecule has 0 radical (unpaired) electrons. The van der Waals surface area contributed by atoms with Gasteiger partial charge in [-0.3, -0.25) is 0 Å². The molecule has 0 aromatic carbocycles. The first-order valence-corrected chi connectivity index (χ1v) is 6.06. The van der Waals surface area contributed by atoms with E-state index in [9.17, 15) is 0 Å². The van der Waals surface area contributed by atoms with Gasteiger partial charge in [-0.2, -0.15) is 5.26 Å². The minimum Gasteiger partial charge on any atom is -0.347 e. The second-order valence-corrected chi connectivity index (χ2v) is 5.01. The van der Waals surface area contributed by atoms with Crippen LogP contribution in [0.5, 0.6) is 0 Å². The largest absolute Gasteiger partial charge is 0.347 e. The van der Waals surface area contributed by atoms with Gasteiger partial charge in [-0.1, -0.05) is 0 Å². The van der Waals surface area contributed by atoms with Crippen molar-refractivity contribution in [3.8, 4) is 6.07 Å². The Morgan fingerprint density at radius 1 is 1.41 bits per heavy atom. The zero-order chi connectivity index (χ0) is 12.3. The zero-order valence-corrected chi connectivity index (χ0v) is 10.5. The van der Waals surface area contributed by atoms with E-state index in [0.717, 1.165) is 0 Å². The van der Waals surface area contributed by atoms with E-state index in [0.29, 0.717) is 11.6 Å². The van der Waals surface area contributed by atoms with Crippen LogP contribution in [0.2, 0.25) is 0 Å². The number of anilines is 1. The van der Waals surface area contributed by atoms with Gasteiger partial charge < -0.3 is 5.32 Å². The number of hydrogen-bond donors (Lipinski definition) is 1. The summed E-state index contributed by atoms with van der Waals surface area (Å²) >= 11 is 1.74. The molecule has 0 aliphatic rings. The van der Waals surface area contributed by atoms with Crippen LogP contribution < -0.4 is 5.32 Å². The van der Waals surface area contributed by atoms with Crippen LogP contribution in [0.3, 0.4) is 0 Å². The van der Waals surface area contributed by atoms with Gasteiger partial charge in [0.15, 0.2) is 0 Å². The second-order valence-electron chi connectivity index (χ2n) is 3.69. The lowest BCUT2D eigenvalue weighted by Gasteiger charge is -2.11. The highest BCUT2D eigenvalue weighted by atomic mass is 32.1. The van der Waals surface area contributed by atoms with Gasteiger partial charge in [-0.15, -0.1) is 11.3 Å². The molecule has 2 heterocycles. The molecule has 0 aliphatic heterocycles. The molecule has 2 aromatic heterocycles. The maximum absolute atomic E-state index is 8.75. The SMILES string of the molecule is Cc1ccc(C(C)Nc2nccc(C#N)n2)s1. The average molecular weight is 244 g/mol. The number of thiophene rings is 1. The average Bonchev–Trinajstić information content (AvgIpc) is 2.76. The van der Waals surface area contributed by atoms with Crippen LogP contribution in [0.15, 0.2) is 24.4 Å². The summed E-state index contributed by atoms with van der Waals surface area (Å²) in [6, 6.07) is 7.90. The summed E-state index contributed by atoms with van der Waals surface area (Å²) in [4.78, 5) is 10.7. The third-order valence-corrected chi connectivity index (χ3v) is 3.49. The molecule has 4 nitrogen and oxygen atoms in total. The quantitative estimate of drug-likeness (QED) is 0.901. The highest BCUT2D eigenvalue weighted by molar-refractivity contribution is 7.12. The first kappa shape index (κ1) is 11.6. The van der Waals surface area contributed by atoms with E-state index in [1.807, 2.05) is 13.0 Å². The number of aromatic nitrogens is 2. The molecule has 86 valence electrons. The Morgan fingerprint density at radius 3 is 2.88 bits per heavy atom. The topological polar surface area (TPSA) is 61.6 Å². The van der Waals surface area contributed by atoms with Gasteiger partial charge in [0, 0.05) is 16.0 Å². The first-order valence-electron chi connectivity index (χ1n) is 5.25. The van der Waals surface area contributed by atoms with E-state index in [-0.39, 0.29) is 6.04 Å². The predicted octanol–water partition coefficient (Wildman–Crippen LogP) is 2.89. The summed E-state index contributed by atoms with van der Waals surface area (Å²) in [5.41, 5.74) is 0.372. The van der Waals surface area contributed by atoms with Gasteiger partial charge in [0.1, 0.15) is 11.8 Å². The summed E-state index contributed by atoms with van der Waals surface area (Å²) in [6.45, 7) is 4.13. The highest BCUT2D eigenvalue weighted by Gasteiger charge is 2.09. The van der Waals surface area contributed by atoms with Crippen molar-refractivity contribution < 1.29 is 0 Å². The van der Waals surface area contributed by atoms with Crippen molar-refractivity contribution in [2.24, 2.45) is 0 Å². The van der Waals surface area contributed by atoms with Crippen molar-refractivity contribution >= 4 is 17.3 Å². The second kappa shape index (κ2) is 4.93. The summed E-state index contributed by atoms with van der Waals surface area (Å²) in [5, 5.41) is 11.9. The van der Waals surface area contributed by atoms with E-state index in [1.165, 1.54) is 9.75 Å². The Morgan fingerprint density at radius 2 is 2.24 bits per heavy atom. The van der Waals surface area contributed by atoms with Crippen LogP contribution >= 0.6 is 11.3 Å². The van der Waals surface area contributed by atoms with Gasteiger partial charge in [0.05, 0.1) is 6.04 Å². The van der Waals surface area contributed by atoms with Gasteiger partial charge in [0.2, 0.25) is 5.95 Å². The molecule has 0 saturated heterocycles. The van der Waals surface area contributed by atoms with E-state index in [4.69, 9.17) is 5.26 Å². The third-order valence-electron chi connectivity index (χ3n) is 2.30. The fraction of sp³-hybridized carbons (Fsp3) is 0.250. The molecule has 0 amide bonds. The Balaban J connectivity index is 2.13. The van der Waals surface area contributed by atoms with Gasteiger partial charge in [-0.05, 0) is 32.0 Å². The summed E-state index contributed by atoms with van der Waals surface area (Å²) in [5.74, 6) is 0.489. The lowest BCUT2D eigenvalue weighted by Crippen LogP contribution is -2.08. The van der Waals surface area contributed by atoms with E-state index >= 15 is 0 Å². The molecular formula is C12H12N4S. The van der Waals surface area contributed by atoms with E-state index in [2.05, 4.69) is 34.3 Å². The van der Waals surface area contributed by atoms with Crippen molar-refractivity contribution in [2.75, 3.05) is 5.32 Å². The van der Waals surface area contributed by atoms with Crippen LogP contribution in [0.4, 0.5) is 5.95 Å². The molecule has 0 bridgehead atoms.